The van der Waals surface area contributed by atoms with Crippen LogP contribution >= 0.6 is 0 Å². The molecule has 0 aromatic rings. The molecule has 4 nitrogen and oxygen atoms in total. The molecule has 3 atom stereocenters. The predicted molar refractivity (Wildman–Crippen MR) is 83.4 cm³/mol. The van der Waals surface area contributed by atoms with Crippen LogP contribution in [0.2, 0.25) is 0 Å². The fourth-order valence-electron chi connectivity index (χ4n) is 4.47. The lowest BCUT2D eigenvalue weighted by atomic mass is 9.69. The number of allylic oxidation sites excluding steroid dienone is 1. The fraction of sp³-hybridized carbons (Fsp3) is 0.765. The van der Waals surface area contributed by atoms with Crippen molar-refractivity contribution in [1.82, 2.24) is 4.90 Å². The van der Waals surface area contributed by atoms with Crippen LogP contribution in [0.15, 0.2) is 12.7 Å². The van der Waals surface area contributed by atoms with Gasteiger partial charge in [0.15, 0.2) is 0 Å². The van der Waals surface area contributed by atoms with E-state index in [4.69, 9.17) is 5.73 Å². The van der Waals surface area contributed by atoms with Gasteiger partial charge in [-0.1, -0.05) is 26.3 Å². The summed E-state index contributed by atoms with van der Waals surface area (Å²) < 4.78 is 0. The van der Waals surface area contributed by atoms with Gasteiger partial charge in [-0.15, -0.1) is 6.58 Å². The summed E-state index contributed by atoms with van der Waals surface area (Å²) in [6.45, 7) is 8.42. The highest BCUT2D eigenvalue weighted by Gasteiger charge is 2.53. The van der Waals surface area contributed by atoms with Crippen LogP contribution in [-0.2, 0) is 9.59 Å². The highest BCUT2D eigenvalue weighted by atomic mass is 16.2. The molecule has 2 N–H and O–H groups in total. The molecule has 1 spiro atoms. The van der Waals surface area contributed by atoms with Crippen molar-refractivity contribution in [3.8, 4) is 0 Å². The van der Waals surface area contributed by atoms with Gasteiger partial charge < -0.3 is 10.6 Å². The van der Waals surface area contributed by atoms with E-state index in [1.807, 2.05) is 19.9 Å². The number of likely N-dealkylation sites (tertiary alicyclic amines) is 1. The number of rotatable bonds is 5. The van der Waals surface area contributed by atoms with Crippen LogP contribution in [-0.4, -0.2) is 29.3 Å². The molecule has 1 saturated carbocycles. The summed E-state index contributed by atoms with van der Waals surface area (Å²) in [5.41, 5.74) is 5.29. The molecular formula is C17H28N2O2. The number of hydrogen-bond donors (Lipinski definition) is 1. The third-order valence-electron chi connectivity index (χ3n) is 5.38. The number of hydrogen-bond acceptors (Lipinski definition) is 2. The lowest BCUT2D eigenvalue weighted by Gasteiger charge is -2.46. The minimum absolute atomic E-state index is 0.0563. The molecule has 2 aliphatic rings. The minimum atomic E-state index is -0.473. The minimum Gasteiger partial charge on any atom is -0.368 e. The Kier molecular flexibility index (Phi) is 4.74. The number of nitrogens with two attached hydrogens (primary N) is 1. The van der Waals surface area contributed by atoms with E-state index in [-0.39, 0.29) is 23.1 Å². The van der Waals surface area contributed by atoms with Gasteiger partial charge >= 0.3 is 0 Å². The van der Waals surface area contributed by atoms with Gasteiger partial charge in [-0.25, -0.2) is 0 Å². The van der Waals surface area contributed by atoms with Crippen molar-refractivity contribution in [3.63, 3.8) is 0 Å². The molecule has 0 aromatic heterocycles. The number of primary amides is 1. The maximum Gasteiger partial charge on any atom is 0.240 e. The molecule has 1 aliphatic heterocycles. The van der Waals surface area contributed by atoms with Gasteiger partial charge in [0.25, 0.3) is 0 Å². The number of piperidine rings is 1. The summed E-state index contributed by atoms with van der Waals surface area (Å²) in [4.78, 5) is 26.8. The molecule has 0 bridgehead atoms. The fourth-order valence-corrected chi connectivity index (χ4v) is 4.47. The molecule has 2 amide bonds. The number of amides is 2. The lowest BCUT2D eigenvalue weighted by molar-refractivity contribution is -0.156. The predicted octanol–water partition coefficient (Wildman–Crippen LogP) is 2.48. The Hall–Kier alpha value is -1.32. The molecule has 1 aliphatic carbocycles. The molecule has 4 heteroatoms. The quantitative estimate of drug-likeness (QED) is 0.791. The van der Waals surface area contributed by atoms with Gasteiger partial charge in [0.1, 0.15) is 6.04 Å². The molecule has 2 fully saturated rings. The molecule has 1 saturated heterocycles. The van der Waals surface area contributed by atoms with E-state index in [0.717, 1.165) is 38.5 Å². The molecule has 118 valence electrons. The highest BCUT2D eigenvalue weighted by Crippen LogP contribution is 2.51. The largest absolute Gasteiger partial charge is 0.368 e. The lowest BCUT2D eigenvalue weighted by Crippen LogP contribution is -2.58. The van der Waals surface area contributed by atoms with Crippen molar-refractivity contribution in [2.75, 3.05) is 6.54 Å². The molecule has 1 unspecified atom stereocenters. The van der Waals surface area contributed by atoms with Gasteiger partial charge in [-0.3, -0.25) is 9.59 Å². The van der Waals surface area contributed by atoms with Crippen molar-refractivity contribution in [2.24, 2.45) is 23.0 Å². The molecule has 2 rings (SSSR count). The first kappa shape index (κ1) is 16.1. The monoisotopic (exact) mass is 292 g/mol. The molecular weight excluding hydrogens is 264 g/mol. The Morgan fingerprint density at radius 3 is 2.71 bits per heavy atom. The standard InChI is InChI=1S/C17H28N2O2/c1-4-7-13-8-5-9-17(13)10-6-11-19(16(17)21)14(12(2)3)15(18)20/h4,12-14H,1,5-11H2,2-3H3,(H2,18,20)/t13?,14-,17+/m0/s1. The Labute approximate surface area is 127 Å². The van der Waals surface area contributed by atoms with E-state index in [0.29, 0.717) is 12.5 Å². The third-order valence-corrected chi connectivity index (χ3v) is 5.38. The zero-order valence-corrected chi connectivity index (χ0v) is 13.3. The van der Waals surface area contributed by atoms with Crippen molar-refractivity contribution < 1.29 is 9.59 Å². The normalized spacial score (nSPS) is 30.9. The average molecular weight is 292 g/mol. The van der Waals surface area contributed by atoms with E-state index in [1.54, 1.807) is 4.90 Å². The van der Waals surface area contributed by atoms with Crippen LogP contribution in [0, 0.1) is 17.3 Å². The first-order valence-corrected chi connectivity index (χ1v) is 8.15. The van der Waals surface area contributed by atoms with Gasteiger partial charge in [0.05, 0.1) is 5.41 Å². The second kappa shape index (κ2) is 6.20. The molecule has 0 radical (unpaired) electrons. The van der Waals surface area contributed by atoms with Crippen LogP contribution in [0.25, 0.3) is 0 Å². The smallest absolute Gasteiger partial charge is 0.240 e. The zero-order valence-electron chi connectivity index (χ0n) is 13.3. The molecule has 1 heterocycles. The van der Waals surface area contributed by atoms with Crippen LogP contribution in [0.5, 0.6) is 0 Å². The van der Waals surface area contributed by atoms with Crippen LogP contribution in [0.3, 0.4) is 0 Å². The van der Waals surface area contributed by atoms with Crippen molar-refractivity contribution >= 4 is 11.8 Å². The average Bonchev–Trinajstić information content (AvgIpc) is 2.79. The van der Waals surface area contributed by atoms with E-state index >= 15 is 0 Å². The van der Waals surface area contributed by atoms with Crippen molar-refractivity contribution in [3.05, 3.63) is 12.7 Å². The van der Waals surface area contributed by atoms with E-state index in [1.165, 1.54) is 0 Å². The second-order valence-electron chi connectivity index (χ2n) is 6.96. The number of carbonyl (C=O) groups is 2. The third kappa shape index (κ3) is 2.72. The van der Waals surface area contributed by atoms with Gasteiger partial charge in [-0.2, -0.15) is 0 Å². The summed E-state index contributed by atoms with van der Waals surface area (Å²) in [5.74, 6) is 0.219. The van der Waals surface area contributed by atoms with Crippen LogP contribution < -0.4 is 5.73 Å². The maximum absolute atomic E-state index is 13.2. The van der Waals surface area contributed by atoms with Gasteiger partial charge in [-0.05, 0) is 43.9 Å². The zero-order chi connectivity index (χ0) is 15.6. The maximum atomic E-state index is 13.2. The SMILES string of the molecule is C=CCC1CCC[C@@]12CCCN([C@H](C(N)=O)C(C)C)C2=O. The Bertz CT molecular complexity index is 433. The van der Waals surface area contributed by atoms with Crippen molar-refractivity contribution in [1.29, 1.82) is 0 Å². The first-order valence-electron chi connectivity index (χ1n) is 8.15. The van der Waals surface area contributed by atoms with Crippen molar-refractivity contribution in [2.45, 2.75) is 58.4 Å². The summed E-state index contributed by atoms with van der Waals surface area (Å²) in [6.07, 6.45) is 7.88. The summed E-state index contributed by atoms with van der Waals surface area (Å²) >= 11 is 0. The Morgan fingerprint density at radius 1 is 1.48 bits per heavy atom. The van der Waals surface area contributed by atoms with E-state index in [2.05, 4.69) is 6.58 Å². The van der Waals surface area contributed by atoms with Gasteiger partial charge in [0.2, 0.25) is 11.8 Å². The topological polar surface area (TPSA) is 63.4 Å². The van der Waals surface area contributed by atoms with E-state index in [9.17, 15) is 9.59 Å². The first-order chi connectivity index (χ1) is 9.94. The molecule has 0 aromatic carbocycles. The number of nitrogens with zero attached hydrogens (tertiary/aromatic N) is 1. The Balaban J connectivity index is 2.29. The summed E-state index contributed by atoms with van der Waals surface area (Å²) in [5, 5.41) is 0. The number of carbonyl (C=O) groups excluding carboxylic acids is 2. The van der Waals surface area contributed by atoms with Crippen LogP contribution in [0.1, 0.15) is 52.4 Å². The Morgan fingerprint density at radius 2 is 2.14 bits per heavy atom. The molecule has 21 heavy (non-hydrogen) atoms. The van der Waals surface area contributed by atoms with Gasteiger partial charge in [0, 0.05) is 6.54 Å². The van der Waals surface area contributed by atoms with E-state index < -0.39 is 6.04 Å². The highest BCUT2D eigenvalue weighted by molar-refractivity contribution is 5.90. The summed E-state index contributed by atoms with van der Waals surface area (Å²) in [7, 11) is 0. The second-order valence-corrected chi connectivity index (χ2v) is 6.96. The summed E-state index contributed by atoms with van der Waals surface area (Å²) in [6, 6.07) is -0.473. The van der Waals surface area contributed by atoms with Crippen LogP contribution in [0.4, 0.5) is 0 Å².